The number of hydrogen-bond donors (Lipinski definition) is 0. The van der Waals surface area contributed by atoms with Crippen LogP contribution >= 0.6 is 15.9 Å². The Hall–Kier alpha value is -1.04. The van der Waals surface area contributed by atoms with Gasteiger partial charge in [-0.25, -0.2) is 0 Å². The molecule has 1 aromatic rings. The van der Waals surface area contributed by atoms with E-state index in [1.165, 1.54) is 17.0 Å². The van der Waals surface area contributed by atoms with Crippen molar-refractivity contribution in [1.82, 2.24) is 0 Å². The van der Waals surface area contributed by atoms with Crippen molar-refractivity contribution in [2.75, 3.05) is 11.4 Å². The van der Waals surface area contributed by atoms with Crippen molar-refractivity contribution in [2.45, 2.75) is 17.4 Å². The fraction of sp³-hybridized carbons (Fsp3) is 0.364. The highest BCUT2D eigenvalue weighted by molar-refractivity contribution is 9.10. The summed E-state index contributed by atoms with van der Waals surface area (Å²) in [5.74, 6) is -0.190. The van der Waals surface area contributed by atoms with E-state index in [1.54, 1.807) is 0 Å². The van der Waals surface area contributed by atoms with E-state index in [4.69, 9.17) is 0 Å². The van der Waals surface area contributed by atoms with Crippen molar-refractivity contribution < 1.29 is 18.0 Å². The molecule has 0 aliphatic carbocycles. The fourth-order valence-electron chi connectivity index (χ4n) is 1.75. The van der Waals surface area contributed by atoms with Crippen molar-refractivity contribution in [1.29, 1.82) is 0 Å². The number of amides is 1. The summed E-state index contributed by atoms with van der Waals surface area (Å²) in [5, 5.41) is 0. The summed E-state index contributed by atoms with van der Waals surface area (Å²) in [5.41, 5.74) is -0.437. The maximum atomic E-state index is 12.5. The quantitative estimate of drug-likeness (QED) is 0.730. The van der Waals surface area contributed by atoms with Gasteiger partial charge in [-0.1, -0.05) is 22.0 Å². The van der Waals surface area contributed by atoms with Gasteiger partial charge in [0.2, 0.25) is 5.91 Å². The zero-order valence-corrected chi connectivity index (χ0v) is 10.3. The largest absolute Gasteiger partial charge is 0.416 e. The van der Waals surface area contributed by atoms with E-state index in [0.717, 1.165) is 12.1 Å². The minimum atomic E-state index is -4.38. The van der Waals surface area contributed by atoms with Gasteiger partial charge in [0.05, 0.1) is 10.4 Å². The second-order valence-electron chi connectivity index (χ2n) is 3.79. The average molecular weight is 308 g/mol. The van der Waals surface area contributed by atoms with E-state index >= 15 is 0 Å². The molecule has 1 aliphatic heterocycles. The minimum absolute atomic E-state index is 0.190. The van der Waals surface area contributed by atoms with Gasteiger partial charge in [0.25, 0.3) is 0 Å². The molecule has 2 rings (SSSR count). The summed E-state index contributed by atoms with van der Waals surface area (Å²) in [7, 11) is 0. The number of anilines is 1. The average Bonchev–Trinajstić information content (AvgIpc) is 2.59. The fourth-order valence-corrected chi connectivity index (χ4v) is 2.20. The lowest BCUT2D eigenvalue weighted by molar-refractivity contribution is -0.137. The normalized spacial score (nSPS) is 21.1. The summed E-state index contributed by atoms with van der Waals surface area (Å²) in [6.45, 7) is 0.441. The first-order valence-electron chi connectivity index (χ1n) is 5.02. The third-order valence-corrected chi connectivity index (χ3v) is 3.47. The molecule has 92 valence electrons. The molecule has 1 atom stereocenters. The Kier molecular flexibility index (Phi) is 3.16. The van der Waals surface area contributed by atoms with Crippen molar-refractivity contribution in [2.24, 2.45) is 0 Å². The van der Waals surface area contributed by atoms with Gasteiger partial charge in [0.15, 0.2) is 0 Å². The lowest BCUT2D eigenvalue weighted by Gasteiger charge is -2.17. The molecule has 0 saturated carbocycles. The van der Waals surface area contributed by atoms with Crippen LogP contribution in [0.15, 0.2) is 24.3 Å². The summed E-state index contributed by atoms with van der Waals surface area (Å²) < 4.78 is 37.5. The van der Waals surface area contributed by atoms with Crippen molar-refractivity contribution in [3.63, 3.8) is 0 Å². The Bertz CT molecular complexity index is 447. The predicted molar refractivity (Wildman–Crippen MR) is 61.1 cm³/mol. The number of carbonyl (C=O) groups is 1. The third kappa shape index (κ3) is 2.46. The number of alkyl halides is 4. The Balaban J connectivity index is 2.31. The van der Waals surface area contributed by atoms with Crippen molar-refractivity contribution >= 4 is 27.5 Å². The van der Waals surface area contributed by atoms with Crippen LogP contribution in [0.1, 0.15) is 12.0 Å². The number of nitrogens with zero attached hydrogens (tertiary/aromatic N) is 1. The van der Waals surface area contributed by atoms with Gasteiger partial charge in [-0.05, 0) is 24.6 Å². The zero-order valence-electron chi connectivity index (χ0n) is 8.67. The molecule has 1 aromatic carbocycles. The number of rotatable bonds is 1. The maximum absolute atomic E-state index is 12.5. The SMILES string of the molecule is O=C1C(Br)CCN1c1cccc(C(F)(F)F)c1. The molecule has 1 heterocycles. The molecule has 1 fully saturated rings. The smallest absolute Gasteiger partial charge is 0.311 e. The van der Waals surface area contributed by atoms with Gasteiger partial charge < -0.3 is 4.90 Å². The minimum Gasteiger partial charge on any atom is -0.311 e. The number of carbonyl (C=O) groups excluding carboxylic acids is 1. The van der Waals surface area contributed by atoms with Crippen molar-refractivity contribution in [3.05, 3.63) is 29.8 Å². The van der Waals surface area contributed by atoms with Gasteiger partial charge in [-0.3, -0.25) is 4.79 Å². The van der Waals surface area contributed by atoms with E-state index in [1.807, 2.05) is 0 Å². The monoisotopic (exact) mass is 307 g/mol. The molecule has 1 saturated heterocycles. The second-order valence-corrected chi connectivity index (χ2v) is 4.90. The first-order valence-corrected chi connectivity index (χ1v) is 5.94. The van der Waals surface area contributed by atoms with Crippen LogP contribution in [0.4, 0.5) is 18.9 Å². The molecule has 0 bridgehead atoms. The molecule has 0 radical (unpaired) electrons. The van der Waals surface area contributed by atoms with Crippen LogP contribution in [0, 0.1) is 0 Å². The standard InChI is InChI=1S/C11H9BrF3NO/c12-9-4-5-16(10(9)17)8-3-1-2-7(6-8)11(13,14)15/h1-3,6,9H,4-5H2. The molecule has 6 heteroatoms. The molecule has 0 N–H and O–H groups in total. The van der Waals surface area contributed by atoms with Crippen LogP contribution in [0.25, 0.3) is 0 Å². The first kappa shape index (κ1) is 12.4. The highest BCUT2D eigenvalue weighted by Crippen LogP contribution is 2.33. The Morgan fingerprint density at radius 1 is 1.35 bits per heavy atom. The van der Waals surface area contributed by atoms with Crippen LogP contribution < -0.4 is 4.90 Å². The van der Waals surface area contributed by atoms with Crippen LogP contribution in [-0.2, 0) is 11.0 Å². The van der Waals surface area contributed by atoms with Gasteiger partial charge in [-0.15, -0.1) is 0 Å². The zero-order chi connectivity index (χ0) is 12.6. The van der Waals surface area contributed by atoms with Crippen LogP contribution in [0.5, 0.6) is 0 Å². The molecule has 17 heavy (non-hydrogen) atoms. The van der Waals surface area contributed by atoms with E-state index in [9.17, 15) is 18.0 Å². The van der Waals surface area contributed by atoms with Gasteiger partial charge in [0, 0.05) is 12.2 Å². The summed E-state index contributed by atoms with van der Waals surface area (Å²) in [4.78, 5) is 12.7. The molecule has 1 amide bonds. The topological polar surface area (TPSA) is 20.3 Å². The molecule has 2 nitrogen and oxygen atoms in total. The summed E-state index contributed by atoms with van der Waals surface area (Å²) >= 11 is 3.19. The van der Waals surface area contributed by atoms with Crippen LogP contribution in [-0.4, -0.2) is 17.3 Å². The lowest BCUT2D eigenvalue weighted by Crippen LogP contribution is -2.27. The Morgan fingerprint density at radius 2 is 2.06 bits per heavy atom. The van der Waals surface area contributed by atoms with Gasteiger partial charge in [-0.2, -0.15) is 13.2 Å². The van der Waals surface area contributed by atoms with E-state index in [-0.39, 0.29) is 10.7 Å². The molecule has 0 aromatic heterocycles. The molecule has 0 spiro atoms. The molecular weight excluding hydrogens is 299 g/mol. The first-order chi connectivity index (χ1) is 7.89. The Morgan fingerprint density at radius 3 is 2.59 bits per heavy atom. The van der Waals surface area contributed by atoms with Gasteiger partial charge >= 0.3 is 6.18 Å². The van der Waals surface area contributed by atoms with E-state index < -0.39 is 11.7 Å². The van der Waals surface area contributed by atoms with E-state index in [2.05, 4.69) is 15.9 Å². The molecule has 1 aliphatic rings. The predicted octanol–water partition coefficient (Wildman–Crippen LogP) is 3.21. The summed E-state index contributed by atoms with van der Waals surface area (Å²) in [6.07, 6.45) is -3.78. The maximum Gasteiger partial charge on any atom is 0.416 e. The van der Waals surface area contributed by atoms with Gasteiger partial charge in [0.1, 0.15) is 0 Å². The summed E-state index contributed by atoms with van der Waals surface area (Å²) in [6, 6.07) is 4.82. The highest BCUT2D eigenvalue weighted by atomic mass is 79.9. The molecule has 1 unspecified atom stereocenters. The number of hydrogen-bond acceptors (Lipinski definition) is 1. The second kappa shape index (κ2) is 4.33. The lowest BCUT2D eigenvalue weighted by atomic mass is 10.2. The number of benzene rings is 1. The third-order valence-electron chi connectivity index (χ3n) is 2.63. The van der Waals surface area contributed by atoms with E-state index in [0.29, 0.717) is 18.7 Å². The highest BCUT2D eigenvalue weighted by Gasteiger charge is 2.34. The van der Waals surface area contributed by atoms with Crippen LogP contribution in [0.2, 0.25) is 0 Å². The molecular formula is C11H9BrF3NO. The van der Waals surface area contributed by atoms with Crippen LogP contribution in [0.3, 0.4) is 0 Å². The Labute approximate surface area is 105 Å². The van der Waals surface area contributed by atoms with Crippen molar-refractivity contribution in [3.8, 4) is 0 Å². The number of halogens is 4.